The van der Waals surface area contributed by atoms with Crippen LogP contribution in [0.3, 0.4) is 0 Å². The summed E-state index contributed by atoms with van der Waals surface area (Å²) in [7, 11) is 1.58. The smallest absolute Gasteiger partial charge is 0.491 e. The third-order valence-corrected chi connectivity index (χ3v) is 3.31. The van der Waals surface area contributed by atoms with Crippen LogP contribution < -0.4 is 15.5 Å². The van der Waals surface area contributed by atoms with Gasteiger partial charge in [-0.15, -0.1) is 0 Å². The van der Waals surface area contributed by atoms with Crippen LogP contribution in [0.5, 0.6) is 5.75 Å². The highest BCUT2D eigenvalue weighted by Gasteiger charge is 2.43. The van der Waals surface area contributed by atoms with Gasteiger partial charge in [0.2, 0.25) is 0 Å². The molecule has 2 aliphatic rings. The average molecular weight is 233 g/mol. The van der Waals surface area contributed by atoms with Crippen molar-refractivity contribution in [3.63, 3.8) is 0 Å². The molecule has 90 valence electrons. The van der Waals surface area contributed by atoms with Gasteiger partial charge in [0.25, 0.3) is 0 Å². The number of rotatable bonds is 1. The predicted octanol–water partition coefficient (Wildman–Crippen LogP) is 0.736. The normalized spacial score (nSPS) is 26.4. The molecule has 2 aliphatic heterocycles. The lowest BCUT2D eigenvalue weighted by Gasteiger charge is -2.17. The minimum atomic E-state index is -0.310. The number of hydrogen-bond donors (Lipinski definition) is 1. The molecular formula is C12H16BNO3. The largest absolute Gasteiger partial charge is 0.499 e. The monoisotopic (exact) mass is 233 g/mol. The molecular weight excluding hydrogens is 217 g/mol. The number of ether oxygens (including phenoxy) is 1. The van der Waals surface area contributed by atoms with Crippen molar-refractivity contribution >= 4 is 12.6 Å². The van der Waals surface area contributed by atoms with Crippen LogP contribution in [0.4, 0.5) is 0 Å². The Balaban J connectivity index is 2.14. The molecule has 0 saturated heterocycles. The van der Waals surface area contributed by atoms with Gasteiger partial charge in [-0.05, 0) is 32.5 Å². The molecule has 2 atom stereocenters. The van der Waals surface area contributed by atoms with E-state index in [2.05, 4.69) is 18.3 Å². The fraction of sp³-hybridized carbons (Fsp3) is 0.500. The molecule has 1 N–H and O–H groups in total. The molecule has 17 heavy (non-hydrogen) atoms. The van der Waals surface area contributed by atoms with Gasteiger partial charge in [0.15, 0.2) is 0 Å². The van der Waals surface area contributed by atoms with Gasteiger partial charge in [-0.2, -0.15) is 0 Å². The fourth-order valence-corrected chi connectivity index (χ4v) is 2.47. The van der Waals surface area contributed by atoms with Crippen molar-refractivity contribution in [3.05, 3.63) is 23.3 Å². The van der Waals surface area contributed by atoms with Gasteiger partial charge in [-0.3, -0.25) is 5.32 Å². The molecule has 5 heteroatoms. The van der Waals surface area contributed by atoms with Crippen molar-refractivity contribution in [2.45, 2.75) is 26.2 Å². The maximum Gasteiger partial charge on any atom is 0.499 e. The van der Waals surface area contributed by atoms with Crippen molar-refractivity contribution in [1.82, 2.24) is 5.32 Å². The van der Waals surface area contributed by atoms with Gasteiger partial charge < -0.3 is 14.0 Å². The van der Waals surface area contributed by atoms with Crippen LogP contribution in [0.15, 0.2) is 12.1 Å². The Morgan fingerprint density at radius 2 is 2.18 bits per heavy atom. The Bertz CT molecular complexity index is 452. The van der Waals surface area contributed by atoms with Crippen molar-refractivity contribution in [3.8, 4) is 5.75 Å². The highest BCUT2D eigenvalue weighted by molar-refractivity contribution is 6.64. The van der Waals surface area contributed by atoms with Crippen molar-refractivity contribution in [2.24, 2.45) is 0 Å². The summed E-state index contributed by atoms with van der Waals surface area (Å²) in [4.78, 5) is 0. The topological polar surface area (TPSA) is 39.7 Å². The van der Waals surface area contributed by atoms with E-state index < -0.39 is 0 Å². The molecule has 0 spiro atoms. The van der Waals surface area contributed by atoms with E-state index in [0.29, 0.717) is 6.61 Å². The molecule has 0 aliphatic carbocycles. The quantitative estimate of drug-likeness (QED) is 0.726. The summed E-state index contributed by atoms with van der Waals surface area (Å²) in [6.07, 6.45) is -0.0694. The first kappa shape index (κ1) is 11.1. The third kappa shape index (κ3) is 1.66. The minimum absolute atomic E-state index is 0.0381. The van der Waals surface area contributed by atoms with Gasteiger partial charge in [0.05, 0.1) is 6.10 Å². The van der Waals surface area contributed by atoms with E-state index in [1.165, 1.54) is 5.56 Å². The second-order valence-electron chi connectivity index (χ2n) is 4.60. The zero-order valence-electron chi connectivity index (χ0n) is 10.3. The molecule has 1 aromatic rings. The lowest BCUT2D eigenvalue weighted by Crippen LogP contribution is -2.34. The zero-order valence-corrected chi connectivity index (χ0v) is 10.3. The Labute approximate surface area is 101 Å². The molecule has 0 amide bonds. The highest BCUT2D eigenvalue weighted by Crippen LogP contribution is 2.31. The molecule has 0 fully saturated rings. The molecule has 4 nitrogen and oxygen atoms in total. The Morgan fingerprint density at radius 3 is 2.94 bits per heavy atom. The van der Waals surface area contributed by atoms with Crippen LogP contribution in [0.2, 0.25) is 0 Å². The summed E-state index contributed by atoms with van der Waals surface area (Å²) in [5.74, 6) is 0.887. The number of aryl methyl sites for hydroxylation is 1. The Morgan fingerprint density at radius 1 is 1.35 bits per heavy atom. The van der Waals surface area contributed by atoms with E-state index >= 15 is 0 Å². The zero-order chi connectivity index (χ0) is 12.0. The molecule has 0 bridgehead atoms. The maximum absolute atomic E-state index is 5.88. The SMILES string of the molecule is CN[C@H]1OB2OC(C)COc3ccc(C)c1c32. The minimum Gasteiger partial charge on any atom is -0.491 e. The van der Waals surface area contributed by atoms with Crippen molar-refractivity contribution in [1.29, 1.82) is 0 Å². The number of hydrogen-bond acceptors (Lipinski definition) is 4. The number of nitrogens with one attached hydrogen (secondary N) is 1. The van der Waals surface area contributed by atoms with Gasteiger partial charge in [0, 0.05) is 11.0 Å². The van der Waals surface area contributed by atoms with Crippen molar-refractivity contribution < 1.29 is 14.0 Å². The summed E-state index contributed by atoms with van der Waals surface area (Å²) in [5, 5.41) is 3.16. The average Bonchev–Trinajstić information content (AvgIpc) is 2.60. The Kier molecular flexibility index (Phi) is 2.62. The first-order valence-corrected chi connectivity index (χ1v) is 5.95. The molecule has 2 heterocycles. The standard InChI is InChI=1S/C12H16BNO3/c1-7-4-5-9-11-10(7)12(14-3)17-13(11)16-8(2)6-15-9/h4-5,8,12,14H,6H2,1-3H3/t8?,12-/m0/s1. The maximum atomic E-state index is 5.88. The highest BCUT2D eigenvalue weighted by atomic mass is 16.6. The van der Waals surface area contributed by atoms with Gasteiger partial charge >= 0.3 is 7.12 Å². The molecule has 0 radical (unpaired) electrons. The first-order valence-electron chi connectivity index (χ1n) is 5.95. The van der Waals surface area contributed by atoms with E-state index in [0.717, 1.165) is 16.8 Å². The van der Waals surface area contributed by atoms with Crippen molar-refractivity contribution in [2.75, 3.05) is 13.7 Å². The second kappa shape index (κ2) is 4.01. The van der Waals surface area contributed by atoms with Gasteiger partial charge in [-0.1, -0.05) is 6.07 Å². The van der Waals surface area contributed by atoms with Gasteiger partial charge in [0.1, 0.15) is 18.6 Å². The summed E-state index contributed by atoms with van der Waals surface area (Å²) < 4.78 is 17.5. The van der Waals surface area contributed by atoms with E-state index in [4.69, 9.17) is 14.0 Å². The molecule has 1 aromatic carbocycles. The second-order valence-corrected chi connectivity index (χ2v) is 4.60. The van der Waals surface area contributed by atoms with Gasteiger partial charge in [-0.25, -0.2) is 0 Å². The van der Waals surface area contributed by atoms with E-state index in [-0.39, 0.29) is 19.5 Å². The van der Waals surface area contributed by atoms with Crippen LogP contribution >= 0.6 is 0 Å². The summed E-state index contributed by atoms with van der Waals surface area (Å²) >= 11 is 0. The summed E-state index contributed by atoms with van der Waals surface area (Å²) in [6.45, 7) is 4.65. The molecule has 1 unspecified atom stereocenters. The number of benzene rings is 1. The van der Waals surface area contributed by atoms with E-state index in [9.17, 15) is 0 Å². The van der Waals surface area contributed by atoms with Crippen LogP contribution in [-0.2, 0) is 9.31 Å². The molecule has 0 saturated carbocycles. The first-order chi connectivity index (χ1) is 8.20. The lowest BCUT2D eigenvalue weighted by molar-refractivity contribution is 0.0903. The van der Waals surface area contributed by atoms with Crippen LogP contribution in [-0.4, -0.2) is 26.9 Å². The third-order valence-electron chi connectivity index (χ3n) is 3.31. The predicted molar refractivity (Wildman–Crippen MR) is 65.5 cm³/mol. The van der Waals surface area contributed by atoms with Crippen LogP contribution in [0.1, 0.15) is 24.3 Å². The molecule has 3 rings (SSSR count). The summed E-state index contributed by atoms with van der Waals surface area (Å²) in [6, 6.07) is 4.07. The Hall–Kier alpha value is -1.04. The summed E-state index contributed by atoms with van der Waals surface area (Å²) in [5.41, 5.74) is 3.41. The van der Waals surface area contributed by atoms with Crippen LogP contribution in [0, 0.1) is 6.92 Å². The molecule has 0 aromatic heterocycles. The van der Waals surface area contributed by atoms with E-state index in [1.807, 2.05) is 20.0 Å². The van der Waals surface area contributed by atoms with Crippen LogP contribution in [0.25, 0.3) is 0 Å². The fourth-order valence-electron chi connectivity index (χ4n) is 2.47. The van der Waals surface area contributed by atoms with E-state index in [1.54, 1.807) is 0 Å². The lowest BCUT2D eigenvalue weighted by atomic mass is 9.77.